The highest BCUT2D eigenvalue weighted by Crippen LogP contribution is 2.46. The minimum atomic E-state index is -2.80. The number of aromatic nitrogens is 2. The topological polar surface area (TPSA) is 101 Å². The molecule has 10 heteroatoms. The maximum absolute atomic E-state index is 14.3. The molecule has 7 nitrogen and oxygen atoms in total. The lowest BCUT2D eigenvalue weighted by Crippen LogP contribution is -2.52. The van der Waals surface area contributed by atoms with Gasteiger partial charge in [0.2, 0.25) is 11.8 Å². The first-order valence-electron chi connectivity index (χ1n) is 13.1. The average Bonchev–Trinajstić information content (AvgIpc) is 2.91. The first-order valence-corrected chi connectivity index (χ1v) is 13.5. The Balaban J connectivity index is 1.27. The molecule has 0 radical (unpaired) electrons. The summed E-state index contributed by atoms with van der Waals surface area (Å²) in [6.07, 6.45) is 1.28. The second-order valence-corrected chi connectivity index (χ2v) is 11.2. The van der Waals surface area contributed by atoms with E-state index in [1.54, 1.807) is 53.4 Å². The number of hydrogen-bond donors (Lipinski definition) is 2. The van der Waals surface area contributed by atoms with Crippen LogP contribution in [0.4, 0.5) is 14.5 Å². The summed E-state index contributed by atoms with van der Waals surface area (Å²) in [5.41, 5.74) is 6.03. The highest BCUT2D eigenvalue weighted by Gasteiger charge is 2.46. The second kappa shape index (κ2) is 10.7. The van der Waals surface area contributed by atoms with Gasteiger partial charge in [-0.2, -0.15) is 0 Å². The third kappa shape index (κ3) is 5.84. The zero-order chi connectivity index (χ0) is 27.8. The standard InChI is InChI=1S/C29H31ClF2N4O3/c30-21-8-4-7-20(15-21)25-24(33)27(38)36(18-34-25)17-28(39)11-13-35(14-12-28)26(37)22-9-10-29(31,32)16-23(22)19-5-2-1-3-6-19/h1-8,15,18,22-23,39H,9-14,16-17,33H2/t22-,23+/m1/s1. The van der Waals surface area contributed by atoms with Crippen molar-refractivity contribution in [2.45, 2.75) is 56.1 Å². The molecule has 2 fully saturated rings. The van der Waals surface area contributed by atoms with Crippen molar-refractivity contribution in [2.24, 2.45) is 5.92 Å². The van der Waals surface area contributed by atoms with Gasteiger partial charge in [0, 0.05) is 48.4 Å². The lowest BCUT2D eigenvalue weighted by Gasteiger charge is -2.42. The van der Waals surface area contributed by atoms with Gasteiger partial charge in [-0.1, -0.05) is 54.1 Å². The number of likely N-dealkylation sites (tertiary alicyclic amines) is 1. The zero-order valence-corrected chi connectivity index (χ0v) is 22.2. The van der Waals surface area contributed by atoms with Gasteiger partial charge in [0.25, 0.3) is 5.56 Å². The van der Waals surface area contributed by atoms with Crippen molar-refractivity contribution >= 4 is 23.2 Å². The molecule has 0 bridgehead atoms. The quantitative estimate of drug-likeness (QED) is 0.473. The number of carbonyl (C=O) groups is 1. The fraction of sp³-hybridized carbons (Fsp3) is 0.414. The summed E-state index contributed by atoms with van der Waals surface area (Å²) in [5.74, 6) is -4.06. The van der Waals surface area contributed by atoms with E-state index in [-0.39, 0.29) is 63.3 Å². The van der Waals surface area contributed by atoms with Crippen LogP contribution in [-0.2, 0) is 11.3 Å². The number of nitrogen functional groups attached to an aromatic ring is 1. The number of nitrogens with two attached hydrogens (primary N) is 1. The molecule has 2 heterocycles. The van der Waals surface area contributed by atoms with Gasteiger partial charge in [-0.15, -0.1) is 0 Å². The fourth-order valence-corrected chi connectivity index (χ4v) is 6.01. The van der Waals surface area contributed by atoms with E-state index in [1.165, 1.54) is 10.9 Å². The van der Waals surface area contributed by atoms with Crippen LogP contribution in [0.25, 0.3) is 11.3 Å². The van der Waals surface area contributed by atoms with E-state index in [0.717, 1.165) is 5.56 Å². The Hall–Kier alpha value is -3.30. The Morgan fingerprint density at radius 2 is 1.82 bits per heavy atom. The number of anilines is 1. The molecule has 1 aromatic heterocycles. The number of nitrogens with zero attached hydrogens (tertiary/aromatic N) is 3. The van der Waals surface area contributed by atoms with Gasteiger partial charge in [-0.3, -0.25) is 14.2 Å². The predicted octanol–water partition coefficient (Wildman–Crippen LogP) is 4.72. The van der Waals surface area contributed by atoms with Crippen LogP contribution < -0.4 is 11.3 Å². The van der Waals surface area contributed by atoms with Crippen molar-refractivity contribution in [2.75, 3.05) is 18.8 Å². The summed E-state index contributed by atoms with van der Waals surface area (Å²) < 4.78 is 29.9. The summed E-state index contributed by atoms with van der Waals surface area (Å²) in [6.45, 7) is 0.507. The van der Waals surface area contributed by atoms with Gasteiger partial charge >= 0.3 is 0 Å². The smallest absolute Gasteiger partial charge is 0.277 e. The number of piperidine rings is 1. The molecule has 5 rings (SSSR count). The van der Waals surface area contributed by atoms with E-state index in [0.29, 0.717) is 16.3 Å². The third-order valence-electron chi connectivity index (χ3n) is 8.01. The molecule has 2 aliphatic rings. The number of benzene rings is 2. The fourth-order valence-electron chi connectivity index (χ4n) is 5.82. The van der Waals surface area contributed by atoms with Crippen LogP contribution >= 0.6 is 11.6 Å². The number of aliphatic hydroxyl groups is 1. The summed E-state index contributed by atoms with van der Waals surface area (Å²) in [5, 5.41) is 11.8. The highest BCUT2D eigenvalue weighted by molar-refractivity contribution is 6.30. The Morgan fingerprint density at radius 1 is 1.10 bits per heavy atom. The molecule has 2 aromatic carbocycles. The second-order valence-electron chi connectivity index (χ2n) is 10.7. The van der Waals surface area contributed by atoms with Gasteiger partial charge in [-0.05, 0) is 37.0 Å². The van der Waals surface area contributed by atoms with E-state index in [9.17, 15) is 23.5 Å². The molecular formula is C29H31ClF2N4O3. The van der Waals surface area contributed by atoms with E-state index in [1.807, 2.05) is 6.07 Å². The molecule has 206 valence electrons. The molecule has 39 heavy (non-hydrogen) atoms. The third-order valence-corrected chi connectivity index (χ3v) is 8.25. The number of rotatable bonds is 5. The van der Waals surface area contributed by atoms with Gasteiger partial charge in [0.15, 0.2) is 0 Å². The Kier molecular flexibility index (Phi) is 7.48. The number of hydrogen-bond acceptors (Lipinski definition) is 5. The molecule has 1 saturated carbocycles. The van der Waals surface area contributed by atoms with Gasteiger partial charge in [0.05, 0.1) is 18.5 Å². The van der Waals surface area contributed by atoms with Crippen molar-refractivity contribution in [1.82, 2.24) is 14.5 Å². The predicted molar refractivity (Wildman–Crippen MR) is 146 cm³/mol. The normalized spacial score (nSPS) is 22.4. The lowest BCUT2D eigenvalue weighted by molar-refractivity contribution is -0.145. The average molecular weight is 557 g/mol. The van der Waals surface area contributed by atoms with E-state index in [2.05, 4.69) is 4.98 Å². The first kappa shape index (κ1) is 27.3. The molecule has 0 spiro atoms. The maximum Gasteiger partial charge on any atom is 0.277 e. The van der Waals surface area contributed by atoms with Crippen molar-refractivity contribution < 1.29 is 18.7 Å². The van der Waals surface area contributed by atoms with Crippen LogP contribution in [0, 0.1) is 5.92 Å². The molecule has 0 unspecified atom stereocenters. The molecule has 3 N–H and O–H groups in total. The van der Waals surface area contributed by atoms with Crippen molar-refractivity contribution in [3.05, 3.63) is 81.9 Å². The number of amides is 1. The van der Waals surface area contributed by atoms with Crippen LogP contribution in [0.3, 0.4) is 0 Å². The Labute approximate surface area is 230 Å². The molecule has 1 aliphatic carbocycles. The van der Waals surface area contributed by atoms with Crippen molar-refractivity contribution in [1.29, 1.82) is 0 Å². The Morgan fingerprint density at radius 3 is 2.51 bits per heavy atom. The summed E-state index contributed by atoms with van der Waals surface area (Å²) >= 11 is 6.05. The molecular weight excluding hydrogens is 526 g/mol. The SMILES string of the molecule is Nc1c(-c2cccc(Cl)c2)ncn(CC2(O)CCN(C(=O)[C@@H]3CCC(F)(F)C[C@H]3c3ccccc3)CC2)c1=O. The van der Waals surface area contributed by atoms with Crippen LogP contribution in [-0.4, -0.2) is 50.1 Å². The van der Waals surface area contributed by atoms with Crippen LogP contribution in [0.1, 0.15) is 43.6 Å². The molecule has 3 aromatic rings. The van der Waals surface area contributed by atoms with E-state index in [4.69, 9.17) is 17.3 Å². The lowest BCUT2D eigenvalue weighted by atomic mass is 9.73. The van der Waals surface area contributed by atoms with Gasteiger partial charge in [0.1, 0.15) is 11.4 Å². The number of carbonyl (C=O) groups excluding carboxylic acids is 1. The monoisotopic (exact) mass is 556 g/mol. The minimum absolute atomic E-state index is 0.0246. The van der Waals surface area contributed by atoms with Gasteiger partial charge < -0.3 is 15.7 Å². The Bertz CT molecular complexity index is 1410. The van der Waals surface area contributed by atoms with Crippen LogP contribution in [0.2, 0.25) is 5.02 Å². The summed E-state index contributed by atoms with van der Waals surface area (Å²) in [7, 11) is 0. The molecule has 1 amide bonds. The van der Waals surface area contributed by atoms with Gasteiger partial charge in [-0.25, -0.2) is 13.8 Å². The molecule has 1 saturated heterocycles. The van der Waals surface area contributed by atoms with Crippen LogP contribution in [0.5, 0.6) is 0 Å². The van der Waals surface area contributed by atoms with Crippen LogP contribution in [0.15, 0.2) is 65.7 Å². The maximum atomic E-state index is 14.3. The van der Waals surface area contributed by atoms with Crippen molar-refractivity contribution in [3.8, 4) is 11.3 Å². The minimum Gasteiger partial charge on any atom is -0.392 e. The first-order chi connectivity index (χ1) is 18.6. The van der Waals surface area contributed by atoms with E-state index >= 15 is 0 Å². The molecule has 2 atom stereocenters. The number of halogens is 3. The summed E-state index contributed by atoms with van der Waals surface area (Å²) in [4.78, 5) is 32.5. The summed E-state index contributed by atoms with van der Waals surface area (Å²) in [6, 6.07) is 15.9. The largest absolute Gasteiger partial charge is 0.392 e. The molecule has 1 aliphatic heterocycles. The van der Waals surface area contributed by atoms with Crippen molar-refractivity contribution in [3.63, 3.8) is 0 Å². The van der Waals surface area contributed by atoms with E-state index < -0.39 is 28.9 Å². The number of alkyl halides is 2. The highest BCUT2D eigenvalue weighted by atomic mass is 35.5. The zero-order valence-electron chi connectivity index (χ0n) is 21.4.